The summed E-state index contributed by atoms with van der Waals surface area (Å²) in [5.74, 6) is -5.39. The SMILES string of the molecule is CC1(C)CC(N(CCN)CCN)=C(C#N)/C(=C(/C#N)C(=O)OCC(COC(=O)/C(C#N)=C2\CC(C)(C)CC(N(CCN)CCN)=C2C#N)(COC(=O)/C(C#N)=C2\CC(C)(C)CC(N(CCN)CCN)=C2C#N)COC(=O)/C(C#N)=C2\CC(C)(C)CC(N(CCN)CCN)=C2C#N)C1. The van der Waals surface area contributed by atoms with Gasteiger partial charge < -0.3 is 84.4 Å². The predicted octanol–water partition coefficient (Wildman–Crippen LogP) is 2.69. The Morgan fingerprint density at radius 2 is 0.495 bits per heavy atom. The minimum absolute atomic E-state index is 0.00360. The summed E-state index contributed by atoms with van der Waals surface area (Å²) in [5.41, 5.74) is 42.3. The van der Waals surface area contributed by atoms with Crippen molar-refractivity contribution in [2.24, 2.45) is 72.9 Å². The second-order valence-corrected chi connectivity index (χ2v) is 27.7. The highest BCUT2D eigenvalue weighted by atomic mass is 16.6. The molecule has 0 heterocycles. The monoisotopic (exact) mass is 1330 g/mol. The number of hydrogen-bond acceptors (Lipinski definition) is 28. The van der Waals surface area contributed by atoms with E-state index in [4.69, 9.17) is 64.8 Å². The van der Waals surface area contributed by atoms with Crippen LogP contribution in [0.2, 0.25) is 0 Å². The van der Waals surface area contributed by atoms with Crippen molar-refractivity contribution < 1.29 is 38.1 Å². The van der Waals surface area contributed by atoms with Crippen LogP contribution in [0.4, 0.5) is 0 Å². The van der Waals surface area contributed by atoms with Crippen LogP contribution in [0.1, 0.15) is 107 Å². The Bertz CT molecular complexity index is 3120. The molecule has 0 saturated carbocycles. The molecule has 97 heavy (non-hydrogen) atoms. The maximum atomic E-state index is 15.0. The van der Waals surface area contributed by atoms with Gasteiger partial charge in [0.25, 0.3) is 0 Å². The molecule has 0 aromatic carbocycles. The number of carbonyl (C=O) groups excluding carboxylic acids is 4. The summed E-state index contributed by atoms with van der Waals surface area (Å²) in [6.45, 7) is 14.0. The normalized spacial score (nSPS) is 19.1. The average molecular weight is 1330 g/mol. The molecule has 0 radical (unpaired) electrons. The number of nitriles is 8. The number of esters is 4. The van der Waals surface area contributed by atoms with Gasteiger partial charge in [-0.25, -0.2) is 19.2 Å². The molecule has 28 heteroatoms. The Kier molecular flexibility index (Phi) is 29.8. The molecule has 0 unspecified atom stereocenters. The molecule has 4 aliphatic carbocycles. The molecule has 0 fully saturated rings. The molecular formula is C69H96N20O8. The standard InChI is InChI=1S/C69H96N20O8/c1-65(2)25-45(49(33-78)57(29-65)86(17-9-70)18-10-71)53(37-82)61(90)94-41-69(42-95-62(91)54(38-83)46-26-66(3,4)30-58(50(46)34-79)87(19-11-72)20-12-73,43-96-63(92)55(39-84)47-27-67(5,6)31-59(51(47)35-80)88(21-13-74)22-14-75)44-97-64(93)56(40-85)48-28-68(7,8)32-60(52(48)36-81)89(23-15-76)24-16-77/h9-32,41-44,70-77H2,1-8H3/b53-45-,54-46+,55-47+,56-48+. The van der Waals surface area contributed by atoms with Crippen molar-refractivity contribution >= 4 is 23.9 Å². The molecule has 0 aliphatic heterocycles. The van der Waals surface area contributed by atoms with Crippen LogP contribution in [0.3, 0.4) is 0 Å². The molecule has 0 saturated heterocycles. The van der Waals surface area contributed by atoms with Crippen LogP contribution >= 0.6 is 0 Å². The van der Waals surface area contributed by atoms with Gasteiger partial charge in [0.2, 0.25) is 0 Å². The van der Waals surface area contributed by atoms with Crippen molar-refractivity contribution in [2.45, 2.75) is 107 Å². The summed E-state index contributed by atoms with van der Waals surface area (Å²) in [7, 11) is 0. The fraction of sp³-hybridized carbons (Fsp3) is 0.594. The van der Waals surface area contributed by atoms with Gasteiger partial charge in [0.05, 0.1) is 22.3 Å². The number of allylic oxidation sites excluding steroid dienone is 12. The van der Waals surface area contributed by atoms with Crippen molar-refractivity contribution in [3.05, 3.63) is 89.7 Å². The molecule has 0 amide bonds. The van der Waals surface area contributed by atoms with Gasteiger partial charge in [-0.15, -0.1) is 0 Å². The van der Waals surface area contributed by atoms with Gasteiger partial charge in [-0.05, 0) is 95.3 Å². The van der Waals surface area contributed by atoms with Crippen LogP contribution in [0.25, 0.3) is 0 Å². The predicted molar refractivity (Wildman–Crippen MR) is 358 cm³/mol. The van der Waals surface area contributed by atoms with Gasteiger partial charge in [0.15, 0.2) is 0 Å². The lowest BCUT2D eigenvalue weighted by Crippen LogP contribution is -2.44. The lowest BCUT2D eigenvalue weighted by atomic mass is 9.72. The van der Waals surface area contributed by atoms with Crippen molar-refractivity contribution in [1.82, 2.24) is 19.6 Å². The van der Waals surface area contributed by atoms with Crippen molar-refractivity contribution in [3.8, 4) is 48.6 Å². The maximum absolute atomic E-state index is 15.0. The van der Waals surface area contributed by atoms with E-state index >= 15 is 19.2 Å². The van der Waals surface area contributed by atoms with Crippen molar-refractivity contribution in [2.75, 3.05) is 131 Å². The zero-order valence-electron chi connectivity index (χ0n) is 57.6. The summed E-state index contributed by atoms with van der Waals surface area (Å²) in [6.07, 6.45) is 1.30. The third kappa shape index (κ3) is 20.3. The summed E-state index contributed by atoms with van der Waals surface area (Å²) < 4.78 is 24.3. The topological polar surface area (TPSA) is 517 Å². The fourth-order valence-corrected chi connectivity index (χ4v) is 13.0. The number of nitrogens with zero attached hydrogens (tertiary/aromatic N) is 12. The van der Waals surface area contributed by atoms with Crippen LogP contribution in [-0.2, 0) is 38.1 Å². The molecule has 28 nitrogen and oxygen atoms in total. The first-order valence-corrected chi connectivity index (χ1v) is 32.3. The van der Waals surface area contributed by atoms with Gasteiger partial charge in [-0.1, -0.05) is 55.4 Å². The Balaban J connectivity index is 2.17. The number of carbonyl (C=O) groups is 4. The largest absolute Gasteiger partial charge is 0.461 e. The molecular weight excluding hydrogens is 1240 g/mol. The zero-order valence-corrected chi connectivity index (χ0v) is 57.6. The quantitative estimate of drug-likeness (QED) is 0.0208. The molecule has 4 rings (SSSR count). The summed E-state index contributed by atoms with van der Waals surface area (Å²) in [4.78, 5) is 67.3. The van der Waals surface area contributed by atoms with E-state index in [0.717, 1.165) is 0 Å². The van der Waals surface area contributed by atoms with Gasteiger partial charge in [-0.2, -0.15) is 42.1 Å². The number of hydrogen-bond donors (Lipinski definition) is 8. The first kappa shape index (κ1) is 80.0. The highest BCUT2D eigenvalue weighted by Gasteiger charge is 2.45. The lowest BCUT2D eigenvalue weighted by Gasteiger charge is -2.39. The van der Waals surface area contributed by atoms with Crippen LogP contribution in [0.15, 0.2) is 89.7 Å². The van der Waals surface area contributed by atoms with Crippen molar-refractivity contribution in [3.63, 3.8) is 0 Å². The van der Waals surface area contributed by atoms with E-state index in [9.17, 15) is 42.1 Å². The lowest BCUT2D eigenvalue weighted by molar-refractivity contribution is -0.165. The second kappa shape index (κ2) is 36.1. The van der Waals surface area contributed by atoms with E-state index < -0.39 is 99.7 Å². The van der Waals surface area contributed by atoms with Crippen LogP contribution in [0, 0.1) is 118 Å². The smallest absolute Gasteiger partial charge is 0.349 e. The Hall–Kier alpha value is -9.40. The molecule has 0 aromatic heterocycles. The Morgan fingerprint density at radius 3 is 0.629 bits per heavy atom. The van der Waals surface area contributed by atoms with E-state index in [-0.39, 0.29) is 175 Å². The summed E-state index contributed by atoms with van der Waals surface area (Å²) >= 11 is 0. The van der Waals surface area contributed by atoms with Gasteiger partial charge in [0.1, 0.15) is 103 Å². The third-order valence-electron chi connectivity index (χ3n) is 17.2. The number of rotatable bonds is 32. The summed E-state index contributed by atoms with van der Waals surface area (Å²) in [6, 6.07) is 16.4. The molecule has 4 aliphatic rings. The minimum Gasteiger partial charge on any atom is -0.461 e. The summed E-state index contributed by atoms with van der Waals surface area (Å²) in [5, 5.41) is 87.4. The second-order valence-electron chi connectivity index (χ2n) is 27.7. The number of nitrogens with two attached hydrogens (primary N) is 8. The van der Waals surface area contributed by atoms with E-state index in [2.05, 4.69) is 24.3 Å². The van der Waals surface area contributed by atoms with Crippen LogP contribution < -0.4 is 45.9 Å². The van der Waals surface area contributed by atoms with Gasteiger partial charge in [0, 0.05) is 128 Å². The highest BCUT2D eigenvalue weighted by molar-refractivity contribution is 5.97. The Morgan fingerprint density at radius 1 is 0.330 bits per heavy atom. The molecule has 520 valence electrons. The van der Waals surface area contributed by atoms with Crippen LogP contribution in [0.5, 0.6) is 0 Å². The van der Waals surface area contributed by atoms with E-state index in [1.807, 2.05) is 99.3 Å². The first-order chi connectivity index (χ1) is 46.0. The van der Waals surface area contributed by atoms with E-state index in [1.54, 1.807) is 0 Å². The van der Waals surface area contributed by atoms with Gasteiger partial charge in [-0.3, -0.25) is 0 Å². The highest BCUT2D eigenvalue weighted by Crippen LogP contribution is 2.48. The first-order valence-electron chi connectivity index (χ1n) is 32.3. The average Bonchev–Trinajstić information content (AvgIpc) is 0.801. The molecule has 0 spiro atoms. The Labute approximate surface area is 570 Å². The fourth-order valence-electron chi connectivity index (χ4n) is 13.0. The third-order valence-corrected chi connectivity index (χ3v) is 17.2. The zero-order chi connectivity index (χ0) is 72.6. The maximum Gasteiger partial charge on any atom is 0.349 e. The number of ether oxygens (including phenoxy) is 4. The molecule has 0 bridgehead atoms. The minimum atomic E-state index is -2.37. The van der Waals surface area contributed by atoms with Crippen molar-refractivity contribution in [1.29, 1.82) is 42.1 Å². The van der Waals surface area contributed by atoms with Gasteiger partial charge >= 0.3 is 23.9 Å². The molecule has 0 aromatic rings. The van der Waals surface area contributed by atoms with E-state index in [0.29, 0.717) is 48.5 Å². The van der Waals surface area contributed by atoms with E-state index in [1.165, 1.54) is 0 Å². The molecule has 0 atom stereocenters. The van der Waals surface area contributed by atoms with Crippen LogP contribution in [-0.4, -0.2) is 175 Å². The molecule has 16 N–H and O–H groups in total.